The lowest BCUT2D eigenvalue weighted by molar-refractivity contribution is 0.890. The van der Waals surface area contributed by atoms with E-state index >= 15 is 0 Å². The van der Waals surface area contributed by atoms with Gasteiger partial charge in [-0.2, -0.15) is 5.10 Å². The molecule has 0 unspecified atom stereocenters. The van der Waals surface area contributed by atoms with Crippen LogP contribution in [0.15, 0.2) is 30.7 Å². The third-order valence-electron chi connectivity index (χ3n) is 4.20. The third-order valence-corrected chi connectivity index (χ3v) is 4.20. The van der Waals surface area contributed by atoms with E-state index in [1.54, 1.807) is 6.33 Å². The number of benzene rings is 1. The van der Waals surface area contributed by atoms with Crippen molar-refractivity contribution in [1.82, 2.24) is 19.7 Å². The molecule has 22 heavy (non-hydrogen) atoms. The standard InChI is InChI=1S/C17H19N5/c1-12-7-13(2)9-14(8-12)22-17-15(10-20-22)16(18-11-19-17)21-5-3-4-6-21/h7-11H,3-6H2,1-2H3. The predicted molar refractivity (Wildman–Crippen MR) is 87.6 cm³/mol. The van der Waals surface area contributed by atoms with E-state index in [0.29, 0.717) is 0 Å². The second-order valence-electron chi connectivity index (χ2n) is 6.03. The van der Waals surface area contributed by atoms with Gasteiger partial charge in [0.1, 0.15) is 12.1 Å². The Bertz CT molecular complexity index is 810. The van der Waals surface area contributed by atoms with Crippen molar-refractivity contribution in [2.75, 3.05) is 18.0 Å². The summed E-state index contributed by atoms with van der Waals surface area (Å²) >= 11 is 0. The van der Waals surface area contributed by atoms with E-state index in [4.69, 9.17) is 0 Å². The van der Waals surface area contributed by atoms with Gasteiger partial charge in [-0.25, -0.2) is 14.6 Å². The summed E-state index contributed by atoms with van der Waals surface area (Å²) in [5.74, 6) is 1.01. The maximum absolute atomic E-state index is 4.57. The molecule has 112 valence electrons. The SMILES string of the molecule is Cc1cc(C)cc(-n2ncc3c(N4CCCC4)ncnc32)c1. The molecular formula is C17H19N5. The first-order chi connectivity index (χ1) is 10.7. The van der Waals surface area contributed by atoms with Crippen LogP contribution in [0.5, 0.6) is 0 Å². The van der Waals surface area contributed by atoms with Gasteiger partial charge in [-0.1, -0.05) is 6.07 Å². The zero-order chi connectivity index (χ0) is 15.1. The van der Waals surface area contributed by atoms with E-state index in [0.717, 1.165) is 35.6 Å². The molecule has 0 bridgehead atoms. The first-order valence-corrected chi connectivity index (χ1v) is 7.75. The van der Waals surface area contributed by atoms with Gasteiger partial charge in [0.15, 0.2) is 5.65 Å². The van der Waals surface area contributed by atoms with Gasteiger partial charge >= 0.3 is 0 Å². The highest BCUT2D eigenvalue weighted by atomic mass is 15.3. The highest BCUT2D eigenvalue weighted by Crippen LogP contribution is 2.27. The summed E-state index contributed by atoms with van der Waals surface area (Å²) in [5, 5.41) is 5.60. The summed E-state index contributed by atoms with van der Waals surface area (Å²) in [6.45, 7) is 6.35. The monoisotopic (exact) mass is 293 g/mol. The van der Waals surface area contributed by atoms with Crippen LogP contribution >= 0.6 is 0 Å². The molecule has 5 heteroatoms. The summed E-state index contributed by atoms with van der Waals surface area (Å²) in [4.78, 5) is 11.3. The van der Waals surface area contributed by atoms with E-state index in [-0.39, 0.29) is 0 Å². The lowest BCUT2D eigenvalue weighted by Crippen LogP contribution is -2.19. The van der Waals surface area contributed by atoms with E-state index < -0.39 is 0 Å². The minimum absolute atomic E-state index is 0.877. The van der Waals surface area contributed by atoms with Crippen LogP contribution in [0.3, 0.4) is 0 Å². The minimum atomic E-state index is 0.877. The molecule has 0 atom stereocenters. The van der Waals surface area contributed by atoms with Crippen LogP contribution in [-0.2, 0) is 0 Å². The lowest BCUT2D eigenvalue weighted by Gasteiger charge is -2.16. The van der Waals surface area contributed by atoms with Crippen molar-refractivity contribution >= 4 is 16.9 Å². The van der Waals surface area contributed by atoms with Gasteiger partial charge in [-0.3, -0.25) is 0 Å². The average Bonchev–Trinajstić information content (AvgIpc) is 3.15. The predicted octanol–water partition coefficient (Wildman–Crippen LogP) is 3.03. The molecule has 0 N–H and O–H groups in total. The number of hydrogen-bond acceptors (Lipinski definition) is 4. The van der Waals surface area contributed by atoms with Crippen molar-refractivity contribution in [2.24, 2.45) is 0 Å². The Morgan fingerprint density at radius 3 is 2.41 bits per heavy atom. The molecule has 3 aromatic rings. The molecule has 0 amide bonds. The molecule has 1 fully saturated rings. The van der Waals surface area contributed by atoms with Crippen molar-refractivity contribution in [1.29, 1.82) is 0 Å². The van der Waals surface area contributed by atoms with Crippen molar-refractivity contribution in [3.05, 3.63) is 41.9 Å². The molecule has 4 rings (SSSR count). The summed E-state index contributed by atoms with van der Waals surface area (Å²) in [6, 6.07) is 6.44. The van der Waals surface area contributed by atoms with E-state index in [9.17, 15) is 0 Å². The summed E-state index contributed by atoms with van der Waals surface area (Å²) in [7, 11) is 0. The van der Waals surface area contributed by atoms with E-state index in [1.165, 1.54) is 24.0 Å². The van der Waals surface area contributed by atoms with Crippen LogP contribution < -0.4 is 4.90 Å². The first kappa shape index (κ1) is 13.2. The van der Waals surface area contributed by atoms with Crippen LogP contribution in [0.4, 0.5) is 5.82 Å². The zero-order valence-electron chi connectivity index (χ0n) is 13.0. The fourth-order valence-electron chi connectivity index (χ4n) is 3.27. The van der Waals surface area contributed by atoms with Crippen molar-refractivity contribution in [3.63, 3.8) is 0 Å². The van der Waals surface area contributed by atoms with Crippen LogP contribution in [0.2, 0.25) is 0 Å². The van der Waals surface area contributed by atoms with Crippen LogP contribution in [0.1, 0.15) is 24.0 Å². The lowest BCUT2D eigenvalue weighted by atomic mass is 10.1. The molecule has 3 heterocycles. The van der Waals surface area contributed by atoms with Gasteiger partial charge in [0.25, 0.3) is 0 Å². The topological polar surface area (TPSA) is 46.8 Å². The fraction of sp³-hybridized carbons (Fsp3) is 0.353. The molecule has 0 spiro atoms. The van der Waals surface area contributed by atoms with Gasteiger partial charge in [0, 0.05) is 13.1 Å². The third kappa shape index (κ3) is 2.13. The number of anilines is 1. The zero-order valence-corrected chi connectivity index (χ0v) is 13.0. The van der Waals surface area contributed by atoms with E-state index in [1.807, 2.05) is 10.9 Å². The number of hydrogen-bond donors (Lipinski definition) is 0. The Kier molecular flexibility index (Phi) is 3.06. The van der Waals surface area contributed by atoms with Crippen molar-refractivity contribution in [2.45, 2.75) is 26.7 Å². The Hall–Kier alpha value is -2.43. The van der Waals surface area contributed by atoms with Crippen molar-refractivity contribution < 1.29 is 0 Å². The highest BCUT2D eigenvalue weighted by molar-refractivity contribution is 5.87. The van der Waals surface area contributed by atoms with Gasteiger partial charge < -0.3 is 4.90 Å². The quantitative estimate of drug-likeness (QED) is 0.728. The molecular weight excluding hydrogens is 274 g/mol. The Labute approximate surface area is 129 Å². The molecule has 0 aliphatic carbocycles. The Morgan fingerprint density at radius 2 is 1.68 bits per heavy atom. The average molecular weight is 293 g/mol. The molecule has 1 aliphatic rings. The first-order valence-electron chi connectivity index (χ1n) is 7.75. The normalized spacial score (nSPS) is 14.9. The number of fused-ring (bicyclic) bond motifs is 1. The Balaban J connectivity index is 1.88. The maximum Gasteiger partial charge on any atom is 0.168 e. The number of nitrogens with zero attached hydrogens (tertiary/aromatic N) is 5. The second-order valence-corrected chi connectivity index (χ2v) is 6.03. The van der Waals surface area contributed by atoms with E-state index in [2.05, 4.69) is 52.0 Å². The van der Waals surface area contributed by atoms with Crippen LogP contribution in [0, 0.1) is 13.8 Å². The molecule has 5 nitrogen and oxygen atoms in total. The van der Waals surface area contributed by atoms with Gasteiger partial charge in [-0.05, 0) is 49.9 Å². The number of aryl methyl sites for hydroxylation is 2. The summed E-state index contributed by atoms with van der Waals surface area (Å²) in [6.07, 6.45) is 6.00. The van der Waals surface area contributed by atoms with Gasteiger partial charge in [0.05, 0.1) is 17.3 Å². The summed E-state index contributed by atoms with van der Waals surface area (Å²) < 4.78 is 1.91. The minimum Gasteiger partial charge on any atom is -0.356 e. The van der Waals surface area contributed by atoms with Gasteiger partial charge in [-0.15, -0.1) is 0 Å². The Morgan fingerprint density at radius 1 is 0.955 bits per heavy atom. The molecule has 2 aromatic heterocycles. The second kappa shape index (κ2) is 5.09. The largest absolute Gasteiger partial charge is 0.356 e. The van der Waals surface area contributed by atoms with Crippen LogP contribution in [-0.4, -0.2) is 32.8 Å². The fourth-order valence-corrected chi connectivity index (χ4v) is 3.27. The highest BCUT2D eigenvalue weighted by Gasteiger charge is 2.19. The molecule has 1 aliphatic heterocycles. The smallest absolute Gasteiger partial charge is 0.168 e. The molecule has 1 saturated heterocycles. The summed E-state index contributed by atoms with van der Waals surface area (Å²) in [5.41, 5.74) is 4.39. The van der Waals surface area contributed by atoms with Crippen molar-refractivity contribution in [3.8, 4) is 5.69 Å². The van der Waals surface area contributed by atoms with Gasteiger partial charge in [0.2, 0.25) is 0 Å². The number of aromatic nitrogens is 4. The molecule has 0 radical (unpaired) electrons. The molecule has 0 saturated carbocycles. The maximum atomic E-state index is 4.57. The van der Waals surface area contributed by atoms with Crippen LogP contribution in [0.25, 0.3) is 16.7 Å². The number of rotatable bonds is 2. The molecule has 1 aromatic carbocycles.